The molecule has 0 fully saturated rings. The molecule has 2 aromatic carbocycles. The van der Waals surface area contributed by atoms with E-state index in [1.165, 1.54) is 6.26 Å². The highest BCUT2D eigenvalue weighted by atomic mass is 32.2. The fraction of sp³-hybridized carbons (Fsp3) is 0.158. The van der Waals surface area contributed by atoms with Gasteiger partial charge < -0.3 is 10.1 Å². The number of aliphatic imine (C=N–C) groups is 1. The van der Waals surface area contributed by atoms with Crippen LogP contribution >= 0.6 is 0 Å². The quantitative estimate of drug-likeness (QED) is 0.770. The second kappa shape index (κ2) is 6.10. The smallest absolute Gasteiger partial charge is 0.175 e. The highest BCUT2D eigenvalue weighted by Gasteiger charge is 2.18. The molecular weight excluding hydrogens is 350 g/mol. The molecule has 4 rings (SSSR count). The van der Waals surface area contributed by atoms with Gasteiger partial charge in [-0.15, -0.1) is 0 Å². The van der Waals surface area contributed by atoms with Gasteiger partial charge in [0.25, 0.3) is 0 Å². The Morgan fingerprint density at radius 1 is 1.12 bits per heavy atom. The maximum absolute atomic E-state index is 11.9. The van der Waals surface area contributed by atoms with E-state index in [-0.39, 0.29) is 4.90 Å². The van der Waals surface area contributed by atoms with Crippen molar-refractivity contribution in [3.63, 3.8) is 0 Å². The van der Waals surface area contributed by atoms with Crippen molar-refractivity contribution in [2.75, 3.05) is 18.7 Å². The third-order valence-corrected chi connectivity index (χ3v) is 5.48. The minimum Gasteiger partial charge on any atom is -0.497 e. The topological polar surface area (TPSA) is 80.6 Å². The summed E-state index contributed by atoms with van der Waals surface area (Å²) in [6.45, 7) is 0.596. The Morgan fingerprint density at radius 2 is 1.96 bits per heavy atom. The molecule has 0 saturated heterocycles. The molecule has 0 unspecified atom stereocenters. The van der Waals surface area contributed by atoms with Crippen LogP contribution in [0, 0.1) is 0 Å². The molecule has 3 aromatic rings. The number of methoxy groups -OCH3 is 1. The first-order valence-electron chi connectivity index (χ1n) is 8.03. The van der Waals surface area contributed by atoms with Gasteiger partial charge in [-0.1, -0.05) is 6.07 Å². The minimum absolute atomic E-state index is 0.261. The molecular formula is C19H17N3O3S. The van der Waals surface area contributed by atoms with Gasteiger partial charge in [0.1, 0.15) is 11.6 Å². The number of pyridine rings is 1. The zero-order chi connectivity index (χ0) is 18.3. The summed E-state index contributed by atoms with van der Waals surface area (Å²) in [5, 5.41) is 4.06. The third kappa shape index (κ3) is 2.90. The number of sulfone groups is 1. The van der Waals surface area contributed by atoms with Gasteiger partial charge in [-0.2, -0.15) is 0 Å². The fourth-order valence-electron chi connectivity index (χ4n) is 2.99. The zero-order valence-electron chi connectivity index (χ0n) is 14.4. The van der Waals surface area contributed by atoms with Crippen molar-refractivity contribution in [3.05, 3.63) is 59.8 Å². The number of benzene rings is 2. The Bertz CT molecular complexity index is 1150. The van der Waals surface area contributed by atoms with E-state index in [0.29, 0.717) is 12.1 Å². The normalized spacial score (nSPS) is 13.4. The molecule has 0 amide bonds. The summed E-state index contributed by atoms with van der Waals surface area (Å²) in [6, 6.07) is 12.6. The van der Waals surface area contributed by atoms with Crippen LogP contribution in [0.15, 0.2) is 58.5 Å². The van der Waals surface area contributed by atoms with Gasteiger partial charge in [-0.3, -0.25) is 9.98 Å². The van der Waals surface area contributed by atoms with Gasteiger partial charge in [0.2, 0.25) is 0 Å². The van der Waals surface area contributed by atoms with E-state index >= 15 is 0 Å². The summed E-state index contributed by atoms with van der Waals surface area (Å²) in [6.07, 6.45) is 2.88. The molecule has 6 nitrogen and oxygen atoms in total. The zero-order valence-corrected chi connectivity index (χ0v) is 15.2. The van der Waals surface area contributed by atoms with E-state index in [2.05, 4.69) is 15.3 Å². The summed E-state index contributed by atoms with van der Waals surface area (Å²) < 4.78 is 29.1. The lowest BCUT2D eigenvalue weighted by atomic mass is 10.1. The average Bonchev–Trinajstić information content (AvgIpc) is 3.03. The maximum Gasteiger partial charge on any atom is 0.175 e. The molecule has 0 bridgehead atoms. The van der Waals surface area contributed by atoms with E-state index in [1.807, 2.05) is 24.3 Å². The molecule has 1 aromatic heterocycles. The molecule has 132 valence electrons. The number of anilines is 1. The largest absolute Gasteiger partial charge is 0.497 e. The second-order valence-corrected chi connectivity index (χ2v) is 8.14. The fourth-order valence-corrected chi connectivity index (χ4v) is 3.64. The van der Waals surface area contributed by atoms with Crippen LogP contribution < -0.4 is 10.1 Å². The van der Waals surface area contributed by atoms with Crippen molar-refractivity contribution in [2.45, 2.75) is 11.4 Å². The monoisotopic (exact) mass is 367 g/mol. The molecule has 0 radical (unpaired) electrons. The van der Waals surface area contributed by atoms with Crippen LogP contribution in [0.4, 0.5) is 5.69 Å². The molecule has 26 heavy (non-hydrogen) atoms. The summed E-state index contributed by atoms with van der Waals surface area (Å²) in [4.78, 5) is 9.14. The first kappa shape index (κ1) is 16.5. The average molecular weight is 367 g/mol. The third-order valence-electron chi connectivity index (χ3n) is 4.37. The molecule has 2 heterocycles. The Hall–Kier alpha value is -2.93. The lowest BCUT2D eigenvalue weighted by Crippen LogP contribution is -2.12. The number of nitrogens with zero attached hydrogens (tertiary/aromatic N) is 2. The van der Waals surface area contributed by atoms with Crippen LogP contribution in [0.3, 0.4) is 0 Å². The van der Waals surface area contributed by atoms with Gasteiger partial charge >= 0.3 is 0 Å². The predicted molar refractivity (Wildman–Crippen MR) is 102 cm³/mol. The maximum atomic E-state index is 11.9. The van der Waals surface area contributed by atoms with Crippen molar-refractivity contribution in [2.24, 2.45) is 4.99 Å². The molecule has 7 heteroatoms. The number of rotatable bonds is 3. The van der Waals surface area contributed by atoms with Crippen molar-refractivity contribution in [3.8, 4) is 5.75 Å². The van der Waals surface area contributed by atoms with Crippen molar-refractivity contribution >= 4 is 32.3 Å². The standard InChI is InChI=1S/C19H17N3O3S/c1-25-13-4-3-12-11-21-19(15(12)9-13)22-18-7-8-20-17-6-5-14(10-16(17)18)26(2,23)24/h3-10H,11H2,1-2H3,(H,20,21,22). The number of amidine groups is 1. The number of ether oxygens (including phenoxy) is 1. The lowest BCUT2D eigenvalue weighted by molar-refractivity contribution is 0.414. The van der Waals surface area contributed by atoms with Gasteiger partial charge in [-0.05, 0) is 42.0 Å². The molecule has 0 atom stereocenters. The van der Waals surface area contributed by atoms with Crippen molar-refractivity contribution in [1.29, 1.82) is 0 Å². The second-order valence-electron chi connectivity index (χ2n) is 6.12. The molecule has 1 aliphatic rings. The van der Waals surface area contributed by atoms with E-state index < -0.39 is 9.84 Å². The number of fused-ring (bicyclic) bond motifs is 2. The highest BCUT2D eigenvalue weighted by Crippen LogP contribution is 2.28. The summed E-state index contributed by atoms with van der Waals surface area (Å²) in [5.74, 6) is 1.50. The van der Waals surface area contributed by atoms with Crippen LogP contribution in [-0.4, -0.2) is 32.6 Å². The number of nitrogens with one attached hydrogen (secondary N) is 1. The van der Waals surface area contributed by atoms with E-state index in [1.54, 1.807) is 31.5 Å². The Balaban J connectivity index is 1.78. The lowest BCUT2D eigenvalue weighted by Gasteiger charge is -2.12. The molecule has 0 saturated carbocycles. The van der Waals surface area contributed by atoms with Crippen LogP contribution in [0.1, 0.15) is 11.1 Å². The Labute approximate surface area is 151 Å². The Kier molecular flexibility index (Phi) is 3.88. The van der Waals surface area contributed by atoms with Crippen molar-refractivity contribution in [1.82, 2.24) is 4.98 Å². The van der Waals surface area contributed by atoms with Crippen molar-refractivity contribution < 1.29 is 13.2 Å². The van der Waals surface area contributed by atoms with Crippen LogP contribution in [0.2, 0.25) is 0 Å². The van der Waals surface area contributed by atoms with Crippen LogP contribution in [0.5, 0.6) is 5.75 Å². The number of aromatic nitrogens is 1. The predicted octanol–water partition coefficient (Wildman–Crippen LogP) is 3.02. The van der Waals surface area contributed by atoms with Gasteiger partial charge in [0.05, 0.1) is 29.8 Å². The van der Waals surface area contributed by atoms with E-state index in [9.17, 15) is 8.42 Å². The summed E-state index contributed by atoms with van der Waals surface area (Å²) in [5.41, 5.74) is 3.57. The van der Waals surface area contributed by atoms with E-state index in [4.69, 9.17) is 4.74 Å². The first-order valence-corrected chi connectivity index (χ1v) is 9.92. The molecule has 1 aliphatic heterocycles. The van der Waals surface area contributed by atoms with Gasteiger partial charge in [0, 0.05) is 23.4 Å². The minimum atomic E-state index is -3.30. The highest BCUT2D eigenvalue weighted by molar-refractivity contribution is 7.90. The van der Waals surface area contributed by atoms with Gasteiger partial charge in [-0.25, -0.2) is 8.42 Å². The van der Waals surface area contributed by atoms with Crippen LogP contribution in [0.25, 0.3) is 10.9 Å². The molecule has 1 N–H and O–H groups in total. The number of hydrogen-bond donors (Lipinski definition) is 1. The summed E-state index contributed by atoms with van der Waals surface area (Å²) in [7, 11) is -1.67. The summed E-state index contributed by atoms with van der Waals surface area (Å²) >= 11 is 0. The molecule has 0 aliphatic carbocycles. The van der Waals surface area contributed by atoms with E-state index in [0.717, 1.165) is 33.8 Å². The van der Waals surface area contributed by atoms with Gasteiger partial charge in [0.15, 0.2) is 9.84 Å². The van der Waals surface area contributed by atoms with Crippen LogP contribution in [-0.2, 0) is 16.4 Å². The first-order chi connectivity index (χ1) is 12.5. The number of hydrogen-bond acceptors (Lipinski definition) is 6. The molecule has 0 spiro atoms. The Morgan fingerprint density at radius 3 is 2.73 bits per heavy atom. The SMILES string of the molecule is COc1ccc2c(c1)C(Nc1ccnc3ccc(S(C)(=O)=O)cc13)=NC2.